The highest BCUT2D eigenvalue weighted by atomic mass is 32.1. The van der Waals surface area contributed by atoms with Crippen LogP contribution in [0.2, 0.25) is 0 Å². The molecule has 1 saturated heterocycles. The van der Waals surface area contributed by atoms with Gasteiger partial charge in [-0.05, 0) is 33.0 Å². The molecule has 4 nitrogen and oxygen atoms in total. The fourth-order valence-corrected chi connectivity index (χ4v) is 2.57. The highest BCUT2D eigenvalue weighted by molar-refractivity contribution is 7.09. The summed E-state index contributed by atoms with van der Waals surface area (Å²) >= 11 is 1.60. The number of rotatable bonds is 2. The predicted molar refractivity (Wildman–Crippen MR) is 74.6 cm³/mol. The molecule has 1 aromatic heterocycles. The van der Waals surface area contributed by atoms with Gasteiger partial charge in [0.15, 0.2) is 0 Å². The second kappa shape index (κ2) is 6.11. The second-order valence-corrected chi connectivity index (χ2v) is 5.67. The minimum Gasteiger partial charge on any atom is -0.338 e. The maximum absolute atomic E-state index is 12.0. The minimum atomic E-state index is 0.0935. The largest absolute Gasteiger partial charge is 0.338 e. The van der Waals surface area contributed by atoms with Crippen molar-refractivity contribution >= 4 is 23.3 Å². The Morgan fingerprint density at radius 3 is 2.94 bits per heavy atom. The number of hydrogen-bond donors (Lipinski definition) is 0. The van der Waals surface area contributed by atoms with E-state index < -0.39 is 0 Å². The highest BCUT2D eigenvalue weighted by Crippen LogP contribution is 2.10. The van der Waals surface area contributed by atoms with E-state index in [1.807, 2.05) is 17.2 Å². The Hall–Kier alpha value is -1.20. The third-order valence-corrected chi connectivity index (χ3v) is 3.86. The second-order valence-electron chi connectivity index (χ2n) is 4.61. The number of aryl methyl sites for hydroxylation is 1. The summed E-state index contributed by atoms with van der Waals surface area (Å²) in [5, 5.41) is 2.99. The van der Waals surface area contributed by atoms with Gasteiger partial charge >= 0.3 is 0 Å². The topological polar surface area (TPSA) is 36.4 Å². The Balaban J connectivity index is 1.92. The molecule has 0 N–H and O–H groups in total. The summed E-state index contributed by atoms with van der Waals surface area (Å²) in [6.07, 6.45) is 4.49. The van der Waals surface area contributed by atoms with Crippen molar-refractivity contribution in [1.29, 1.82) is 0 Å². The maximum Gasteiger partial charge on any atom is 0.246 e. The third kappa shape index (κ3) is 3.65. The van der Waals surface area contributed by atoms with Crippen molar-refractivity contribution in [2.45, 2.75) is 13.3 Å². The number of carbonyl (C=O) groups is 1. The van der Waals surface area contributed by atoms with Crippen LogP contribution < -0.4 is 0 Å². The van der Waals surface area contributed by atoms with E-state index in [1.165, 1.54) is 0 Å². The first-order valence-electron chi connectivity index (χ1n) is 6.23. The Labute approximate surface area is 112 Å². The zero-order valence-electron chi connectivity index (χ0n) is 10.9. The number of amides is 1. The van der Waals surface area contributed by atoms with Crippen LogP contribution in [0.15, 0.2) is 11.5 Å². The van der Waals surface area contributed by atoms with Crippen molar-refractivity contribution in [3.8, 4) is 0 Å². The van der Waals surface area contributed by atoms with Crippen molar-refractivity contribution in [1.82, 2.24) is 14.8 Å². The molecule has 0 spiro atoms. The quantitative estimate of drug-likeness (QED) is 0.763. The zero-order chi connectivity index (χ0) is 13.0. The Morgan fingerprint density at radius 1 is 1.39 bits per heavy atom. The number of likely N-dealkylation sites (N-methyl/N-ethyl adjacent to an activating group) is 1. The Bertz CT molecular complexity index is 441. The van der Waals surface area contributed by atoms with Crippen LogP contribution in [-0.4, -0.2) is 53.9 Å². The molecule has 18 heavy (non-hydrogen) atoms. The summed E-state index contributed by atoms with van der Waals surface area (Å²) in [6.45, 7) is 5.65. The molecule has 98 valence electrons. The SMILES string of the molecule is Cc1nc(/C=C/C(=O)N2CCCN(C)CC2)cs1. The minimum absolute atomic E-state index is 0.0935. The molecule has 1 aromatic rings. The summed E-state index contributed by atoms with van der Waals surface area (Å²) in [4.78, 5) is 20.5. The van der Waals surface area contributed by atoms with E-state index in [1.54, 1.807) is 23.5 Å². The van der Waals surface area contributed by atoms with E-state index in [4.69, 9.17) is 0 Å². The summed E-state index contributed by atoms with van der Waals surface area (Å²) in [7, 11) is 2.10. The number of carbonyl (C=O) groups excluding carboxylic acids is 1. The number of thiazole rings is 1. The molecule has 1 aliphatic heterocycles. The van der Waals surface area contributed by atoms with Gasteiger partial charge in [0.25, 0.3) is 0 Å². The van der Waals surface area contributed by atoms with E-state index >= 15 is 0 Å². The first kappa shape index (κ1) is 13.2. The van der Waals surface area contributed by atoms with Gasteiger partial charge in [-0.2, -0.15) is 0 Å². The van der Waals surface area contributed by atoms with Gasteiger partial charge in [-0.3, -0.25) is 4.79 Å². The molecule has 1 amide bonds. The fourth-order valence-electron chi connectivity index (χ4n) is 1.99. The standard InChI is InChI=1S/C13H19N3OS/c1-11-14-12(10-18-11)4-5-13(17)16-7-3-6-15(2)8-9-16/h4-5,10H,3,6-9H2,1-2H3/b5-4+. The molecule has 1 aliphatic rings. The molecule has 0 bridgehead atoms. The monoisotopic (exact) mass is 265 g/mol. The first-order valence-corrected chi connectivity index (χ1v) is 7.11. The molecule has 2 heterocycles. The summed E-state index contributed by atoms with van der Waals surface area (Å²) in [5.41, 5.74) is 0.873. The van der Waals surface area contributed by atoms with Crippen LogP contribution in [0.25, 0.3) is 6.08 Å². The molecule has 1 fully saturated rings. The van der Waals surface area contributed by atoms with Gasteiger partial charge < -0.3 is 9.80 Å². The molecule has 0 saturated carbocycles. The van der Waals surface area contributed by atoms with E-state index in [0.717, 1.165) is 43.3 Å². The van der Waals surface area contributed by atoms with Crippen molar-refractivity contribution < 1.29 is 4.79 Å². The number of hydrogen-bond acceptors (Lipinski definition) is 4. The average molecular weight is 265 g/mol. The average Bonchev–Trinajstić information content (AvgIpc) is 2.63. The zero-order valence-corrected chi connectivity index (χ0v) is 11.7. The molecule has 0 aliphatic carbocycles. The normalized spacial score (nSPS) is 18.2. The molecule has 0 atom stereocenters. The fraction of sp³-hybridized carbons (Fsp3) is 0.538. The Morgan fingerprint density at radius 2 is 2.22 bits per heavy atom. The lowest BCUT2D eigenvalue weighted by molar-refractivity contribution is -0.125. The van der Waals surface area contributed by atoms with E-state index in [0.29, 0.717) is 0 Å². The molecule has 0 unspecified atom stereocenters. The summed E-state index contributed by atoms with van der Waals surface area (Å²) < 4.78 is 0. The molecular formula is C13H19N3OS. The van der Waals surface area contributed by atoms with Gasteiger partial charge in [-0.15, -0.1) is 11.3 Å². The van der Waals surface area contributed by atoms with Crippen LogP contribution in [0.1, 0.15) is 17.1 Å². The molecule has 2 rings (SSSR count). The van der Waals surface area contributed by atoms with Crippen LogP contribution in [0, 0.1) is 6.92 Å². The van der Waals surface area contributed by atoms with Gasteiger partial charge in [0.05, 0.1) is 10.7 Å². The number of aromatic nitrogens is 1. The van der Waals surface area contributed by atoms with Gasteiger partial charge in [0, 0.05) is 31.1 Å². The predicted octanol–water partition coefficient (Wildman–Crippen LogP) is 1.63. The van der Waals surface area contributed by atoms with Crippen molar-refractivity contribution in [3.63, 3.8) is 0 Å². The molecule has 0 radical (unpaired) electrons. The van der Waals surface area contributed by atoms with Crippen LogP contribution >= 0.6 is 11.3 Å². The molecule has 5 heteroatoms. The third-order valence-electron chi connectivity index (χ3n) is 3.06. The number of nitrogens with zero attached hydrogens (tertiary/aromatic N) is 3. The van der Waals surface area contributed by atoms with Crippen LogP contribution in [0.4, 0.5) is 0 Å². The van der Waals surface area contributed by atoms with Crippen LogP contribution in [0.3, 0.4) is 0 Å². The highest BCUT2D eigenvalue weighted by Gasteiger charge is 2.15. The van der Waals surface area contributed by atoms with Crippen molar-refractivity contribution in [3.05, 3.63) is 22.2 Å². The van der Waals surface area contributed by atoms with Gasteiger partial charge in [-0.25, -0.2) is 4.98 Å². The van der Waals surface area contributed by atoms with E-state index in [2.05, 4.69) is 16.9 Å². The van der Waals surface area contributed by atoms with Crippen molar-refractivity contribution in [2.24, 2.45) is 0 Å². The van der Waals surface area contributed by atoms with Gasteiger partial charge in [-0.1, -0.05) is 0 Å². The van der Waals surface area contributed by atoms with Gasteiger partial charge in [0.2, 0.25) is 5.91 Å². The van der Waals surface area contributed by atoms with E-state index in [9.17, 15) is 4.79 Å². The molecule has 0 aromatic carbocycles. The summed E-state index contributed by atoms with van der Waals surface area (Å²) in [5.74, 6) is 0.0935. The lowest BCUT2D eigenvalue weighted by Gasteiger charge is -2.18. The first-order chi connectivity index (χ1) is 8.65. The lowest BCUT2D eigenvalue weighted by Crippen LogP contribution is -2.33. The van der Waals surface area contributed by atoms with Crippen molar-refractivity contribution in [2.75, 3.05) is 33.2 Å². The van der Waals surface area contributed by atoms with E-state index in [-0.39, 0.29) is 5.91 Å². The maximum atomic E-state index is 12.0. The smallest absolute Gasteiger partial charge is 0.246 e. The van der Waals surface area contributed by atoms with Gasteiger partial charge in [0.1, 0.15) is 0 Å². The summed E-state index contributed by atoms with van der Waals surface area (Å²) in [6, 6.07) is 0. The van der Waals surface area contributed by atoms with Crippen LogP contribution in [-0.2, 0) is 4.79 Å². The Kier molecular flexibility index (Phi) is 4.49. The molecular weight excluding hydrogens is 246 g/mol. The van der Waals surface area contributed by atoms with Crippen LogP contribution in [0.5, 0.6) is 0 Å². The lowest BCUT2D eigenvalue weighted by atomic mass is 10.3.